The average molecular weight is 442 g/mol. The van der Waals surface area contributed by atoms with Crippen molar-refractivity contribution in [2.24, 2.45) is 0 Å². The van der Waals surface area contributed by atoms with Gasteiger partial charge in [0.1, 0.15) is 5.82 Å². The van der Waals surface area contributed by atoms with Crippen LogP contribution in [0.4, 0.5) is 28.8 Å². The Bertz CT molecular complexity index is 1150. The van der Waals surface area contributed by atoms with E-state index in [9.17, 15) is 0 Å². The van der Waals surface area contributed by atoms with E-state index in [1.807, 2.05) is 30.5 Å². The van der Waals surface area contributed by atoms with E-state index in [4.69, 9.17) is 20.0 Å². The third-order valence-corrected chi connectivity index (χ3v) is 6.15. The summed E-state index contributed by atoms with van der Waals surface area (Å²) in [6, 6.07) is 16.3. The molecule has 8 nitrogen and oxygen atoms in total. The molecule has 2 aliphatic heterocycles. The number of fused-ring (bicyclic) bond motifs is 1. The number of benzene rings is 2. The van der Waals surface area contributed by atoms with E-state index in [-0.39, 0.29) is 0 Å². The molecule has 1 saturated heterocycles. The molecule has 168 valence electrons. The largest absolute Gasteiger partial charge is 0.378 e. The van der Waals surface area contributed by atoms with Crippen molar-refractivity contribution in [2.75, 3.05) is 53.3 Å². The van der Waals surface area contributed by atoms with Crippen LogP contribution in [0.3, 0.4) is 0 Å². The van der Waals surface area contributed by atoms with Crippen molar-refractivity contribution in [2.45, 2.75) is 19.9 Å². The molecule has 0 unspecified atom stereocenters. The number of aryl methyl sites for hydroxylation is 1. The Morgan fingerprint density at radius 3 is 2.42 bits per heavy atom. The van der Waals surface area contributed by atoms with Crippen LogP contribution in [-0.4, -0.2) is 42.8 Å². The lowest BCUT2D eigenvalue weighted by atomic mass is 10.2. The summed E-state index contributed by atoms with van der Waals surface area (Å²) in [6.07, 6.45) is 2.90. The van der Waals surface area contributed by atoms with Crippen LogP contribution in [0.25, 0.3) is 0 Å². The highest BCUT2D eigenvalue weighted by Gasteiger charge is 2.24. The second-order valence-electron chi connectivity index (χ2n) is 8.31. The maximum atomic E-state index is 8.76. The predicted molar refractivity (Wildman–Crippen MR) is 130 cm³/mol. The quantitative estimate of drug-likeness (QED) is 0.441. The zero-order valence-corrected chi connectivity index (χ0v) is 18.7. The number of anilines is 5. The number of rotatable bonds is 6. The van der Waals surface area contributed by atoms with E-state index in [0.717, 1.165) is 68.7 Å². The minimum atomic E-state index is 0.617. The first kappa shape index (κ1) is 21.0. The van der Waals surface area contributed by atoms with E-state index >= 15 is 0 Å². The van der Waals surface area contributed by atoms with Gasteiger partial charge in [0.25, 0.3) is 0 Å². The number of hydrogen-bond donors (Lipinski definition) is 2. The van der Waals surface area contributed by atoms with Gasteiger partial charge in [-0.2, -0.15) is 10.2 Å². The van der Waals surface area contributed by atoms with Crippen LogP contribution in [0.2, 0.25) is 0 Å². The van der Waals surface area contributed by atoms with E-state index in [1.54, 1.807) is 0 Å². The summed E-state index contributed by atoms with van der Waals surface area (Å²) in [4.78, 5) is 14.2. The molecule has 8 heteroatoms. The molecule has 33 heavy (non-hydrogen) atoms. The monoisotopic (exact) mass is 441 g/mol. The Morgan fingerprint density at radius 2 is 1.70 bits per heavy atom. The first-order valence-corrected chi connectivity index (χ1v) is 11.3. The van der Waals surface area contributed by atoms with Crippen molar-refractivity contribution >= 4 is 28.8 Å². The van der Waals surface area contributed by atoms with Gasteiger partial charge in [-0.25, -0.2) is 4.98 Å². The van der Waals surface area contributed by atoms with Crippen LogP contribution in [0, 0.1) is 18.4 Å². The van der Waals surface area contributed by atoms with E-state index in [2.05, 4.69) is 51.6 Å². The Kier molecular flexibility index (Phi) is 5.96. The summed E-state index contributed by atoms with van der Waals surface area (Å²) < 4.78 is 5.44. The lowest BCUT2D eigenvalue weighted by molar-refractivity contribution is 0.122. The van der Waals surface area contributed by atoms with Crippen molar-refractivity contribution in [3.05, 3.63) is 65.4 Å². The van der Waals surface area contributed by atoms with E-state index in [1.165, 1.54) is 16.8 Å². The third kappa shape index (κ3) is 4.69. The Balaban J connectivity index is 1.30. The number of nitrogens with one attached hydrogen (secondary N) is 2. The second kappa shape index (κ2) is 9.35. The van der Waals surface area contributed by atoms with Gasteiger partial charge < -0.3 is 19.9 Å². The molecular formula is C25H27N7O. The molecule has 3 heterocycles. The van der Waals surface area contributed by atoms with Gasteiger partial charge in [-0.15, -0.1) is 0 Å². The Morgan fingerprint density at radius 1 is 0.970 bits per heavy atom. The minimum Gasteiger partial charge on any atom is -0.378 e. The number of hydrogen-bond acceptors (Lipinski definition) is 8. The van der Waals surface area contributed by atoms with Gasteiger partial charge in [-0.1, -0.05) is 12.1 Å². The standard InChI is InChI=1S/C25H27N7O/c1-18-23-10-11-32(16-19-2-4-20(5-3-19)27-17-26)24(23)30-25(28-18)29-21-6-8-22(9-7-21)31-12-14-33-15-13-31/h2-9,27H,10-16H2,1H3,(H,28,29,30). The molecule has 2 aromatic carbocycles. The van der Waals surface area contributed by atoms with Crippen LogP contribution in [0.1, 0.15) is 16.8 Å². The maximum Gasteiger partial charge on any atom is 0.229 e. The second-order valence-corrected chi connectivity index (χ2v) is 8.31. The molecule has 3 aromatic rings. The molecule has 0 atom stereocenters. The molecule has 2 N–H and O–H groups in total. The third-order valence-electron chi connectivity index (χ3n) is 6.15. The number of nitriles is 1. The smallest absolute Gasteiger partial charge is 0.229 e. The molecule has 2 aliphatic rings. The molecule has 0 spiro atoms. The highest BCUT2D eigenvalue weighted by molar-refractivity contribution is 5.63. The van der Waals surface area contributed by atoms with E-state index < -0.39 is 0 Å². The fourth-order valence-electron chi connectivity index (χ4n) is 4.38. The highest BCUT2D eigenvalue weighted by Crippen LogP contribution is 2.31. The lowest BCUT2D eigenvalue weighted by Crippen LogP contribution is -2.36. The van der Waals surface area contributed by atoms with Gasteiger partial charge in [0, 0.05) is 54.5 Å². The number of ether oxygens (including phenoxy) is 1. The summed E-state index contributed by atoms with van der Waals surface area (Å²) >= 11 is 0. The van der Waals surface area contributed by atoms with Crippen molar-refractivity contribution in [1.29, 1.82) is 5.26 Å². The van der Waals surface area contributed by atoms with Gasteiger partial charge in [-0.3, -0.25) is 5.32 Å². The molecule has 0 saturated carbocycles. The molecule has 0 aliphatic carbocycles. The van der Waals surface area contributed by atoms with Crippen LogP contribution in [0.15, 0.2) is 48.5 Å². The first-order chi connectivity index (χ1) is 16.2. The minimum absolute atomic E-state index is 0.617. The van der Waals surface area contributed by atoms with Crippen LogP contribution >= 0.6 is 0 Å². The normalized spacial score (nSPS) is 15.2. The van der Waals surface area contributed by atoms with Gasteiger partial charge in [0.2, 0.25) is 5.95 Å². The van der Waals surface area contributed by atoms with Crippen molar-refractivity contribution in [1.82, 2.24) is 9.97 Å². The summed E-state index contributed by atoms with van der Waals surface area (Å²) in [5, 5.41) is 14.8. The summed E-state index contributed by atoms with van der Waals surface area (Å²) in [5.74, 6) is 1.61. The number of aromatic nitrogens is 2. The molecule has 0 radical (unpaired) electrons. The molecule has 0 amide bonds. The molecule has 5 rings (SSSR count). The predicted octanol–water partition coefficient (Wildman–Crippen LogP) is 3.82. The number of morpholine rings is 1. The zero-order valence-electron chi connectivity index (χ0n) is 18.7. The van der Waals surface area contributed by atoms with Gasteiger partial charge in [-0.05, 0) is 55.3 Å². The highest BCUT2D eigenvalue weighted by atomic mass is 16.5. The average Bonchev–Trinajstić information content (AvgIpc) is 3.25. The van der Waals surface area contributed by atoms with Crippen LogP contribution in [-0.2, 0) is 17.7 Å². The SMILES string of the molecule is Cc1nc(Nc2ccc(N3CCOCC3)cc2)nc2c1CCN2Cc1ccc(NC#N)cc1. The summed E-state index contributed by atoms with van der Waals surface area (Å²) in [7, 11) is 0. The van der Waals surface area contributed by atoms with Gasteiger partial charge in [0.15, 0.2) is 6.19 Å². The van der Waals surface area contributed by atoms with Crippen molar-refractivity contribution in [3.63, 3.8) is 0 Å². The van der Waals surface area contributed by atoms with Gasteiger partial charge >= 0.3 is 0 Å². The first-order valence-electron chi connectivity index (χ1n) is 11.3. The van der Waals surface area contributed by atoms with Crippen molar-refractivity contribution in [3.8, 4) is 6.19 Å². The Labute approximate surface area is 193 Å². The van der Waals surface area contributed by atoms with Crippen LogP contribution < -0.4 is 20.4 Å². The summed E-state index contributed by atoms with van der Waals surface area (Å²) in [5.41, 5.74) is 6.38. The molecular weight excluding hydrogens is 414 g/mol. The number of nitrogens with zero attached hydrogens (tertiary/aromatic N) is 5. The molecule has 0 bridgehead atoms. The Hall–Kier alpha value is -3.83. The van der Waals surface area contributed by atoms with E-state index in [0.29, 0.717) is 5.95 Å². The summed E-state index contributed by atoms with van der Waals surface area (Å²) in [6.45, 7) is 7.14. The fourth-order valence-corrected chi connectivity index (χ4v) is 4.38. The lowest BCUT2D eigenvalue weighted by Gasteiger charge is -2.28. The maximum absolute atomic E-state index is 8.76. The van der Waals surface area contributed by atoms with Gasteiger partial charge in [0.05, 0.1) is 13.2 Å². The van der Waals surface area contributed by atoms with Crippen molar-refractivity contribution < 1.29 is 4.74 Å². The molecule has 1 fully saturated rings. The molecule has 1 aromatic heterocycles. The topological polar surface area (TPSA) is 89.3 Å². The fraction of sp³-hybridized carbons (Fsp3) is 0.320. The van der Waals surface area contributed by atoms with Crippen LogP contribution in [0.5, 0.6) is 0 Å². The zero-order chi connectivity index (χ0) is 22.6.